The minimum Gasteiger partial charge on any atom is -0.390 e. The fourth-order valence-electron chi connectivity index (χ4n) is 2.78. The summed E-state index contributed by atoms with van der Waals surface area (Å²) in [6.07, 6.45) is 2.09. The lowest BCUT2D eigenvalue weighted by Crippen LogP contribution is -2.31. The van der Waals surface area contributed by atoms with Crippen molar-refractivity contribution in [1.29, 1.82) is 0 Å². The van der Waals surface area contributed by atoms with Gasteiger partial charge >= 0.3 is 0 Å². The third-order valence-electron chi connectivity index (χ3n) is 3.92. The second-order valence-corrected chi connectivity index (χ2v) is 5.27. The van der Waals surface area contributed by atoms with Crippen LogP contribution in [0.1, 0.15) is 18.4 Å². The van der Waals surface area contributed by atoms with E-state index in [1.54, 1.807) is 0 Å². The highest BCUT2D eigenvalue weighted by Crippen LogP contribution is 2.31. The van der Waals surface area contributed by atoms with Gasteiger partial charge in [-0.05, 0) is 35.1 Å². The number of aliphatic hydroxyl groups excluding tert-OH is 1. The van der Waals surface area contributed by atoms with Gasteiger partial charge in [0, 0.05) is 0 Å². The zero-order valence-corrected chi connectivity index (χ0v) is 11.6. The number of allylic oxidation sites excluding steroid dienone is 1. The minimum atomic E-state index is -0.665. The van der Waals surface area contributed by atoms with E-state index in [-0.39, 0.29) is 0 Å². The molecule has 0 bridgehead atoms. The van der Waals surface area contributed by atoms with Crippen LogP contribution in [0.25, 0.3) is 16.7 Å². The predicted molar refractivity (Wildman–Crippen MR) is 82.6 cm³/mol. The molecule has 0 amide bonds. The molecule has 0 fully saturated rings. The molecule has 108 valence electrons. The summed E-state index contributed by atoms with van der Waals surface area (Å²) in [4.78, 5) is 4.47. The smallest absolute Gasteiger partial charge is 0.144 e. The molecule has 0 aromatic heterocycles. The van der Waals surface area contributed by atoms with Crippen LogP contribution < -0.4 is 0 Å². The first-order chi connectivity index (χ1) is 10.3. The normalized spacial score (nSPS) is 21.9. The Labute approximate surface area is 124 Å². The van der Waals surface area contributed by atoms with Crippen LogP contribution in [0.3, 0.4) is 0 Å². The highest BCUT2D eigenvalue weighted by atomic mass is 17.1. The van der Waals surface area contributed by atoms with Crippen molar-refractivity contribution >= 4 is 5.57 Å². The fourth-order valence-corrected chi connectivity index (χ4v) is 2.78. The maximum Gasteiger partial charge on any atom is 0.144 e. The van der Waals surface area contributed by atoms with Gasteiger partial charge in [0.15, 0.2) is 0 Å². The van der Waals surface area contributed by atoms with Crippen molar-refractivity contribution < 1.29 is 15.3 Å². The summed E-state index contributed by atoms with van der Waals surface area (Å²) in [5.41, 5.74) is 4.11. The highest BCUT2D eigenvalue weighted by molar-refractivity contribution is 5.73. The molecule has 2 atom stereocenters. The van der Waals surface area contributed by atoms with Gasteiger partial charge in [-0.2, -0.15) is 0 Å². The van der Waals surface area contributed by atoms with Crippen molar-refractivity contribution in [1.82, 2.24) is 0 Å². The van der Waals surface area contributed by atoms with E-state index in [1.165, 1.54) is 0 Å². The number of benzene rings is 2. The number of hydrogen-bond donors (Lipinski definition) is 2. The van der Waals surface area contributed by atoms with Gasteiger partial charge in [-0.15, -0.1) is 0 Å². The zero-order chi connectivity index (χ0) is 14.7. The van der Waals surface area contributed by atoms with Crippen LogP contribution in [-0.4, -0.2) is 22.6 Å². The van der Waals surface area contributed by atoms with Crippen molar-refractivity contribution in [2.75, 3.05) is 0 Å². The number of hydrogen-bond acceptors (Lipinski definition) is 3. The second kappa shape index (κ2) is 6.22. The quantitative estimate of drug-likeness (QED) is 0.666. The number of rotatable bonds is 3. The molecule has 3 heteroatoms. The van der Waals surface area contributed by atoms with E-state index in [0.717, 1.165) is 28.7 Å². The summed E-state index contributed by atoms with van der Waals surface area (Å²) in [6, 6.07) is 18.2. The van der Waals surface area contributed by atoms with E-state index in [2.05, 4.69) is 17.0 Å². The van der Waals surface area contributed by atoms with E-state index < -0.39 is 12.2 Å². The second-order valence-electron chi connectivity index (χ2n) is 5.27. The molecular weight excluding hydrogens is 264 g/mol. The Kier molecular flexibility index (Phi) is 4.15. The van der Waals surface area contributed by atoms with Crippen LogP contribution in [0.5, 0.6) is 0 Å². The van der Waals surface area contributed by atoms with Crippen LogP contribution in [0, 0.1) is 0 Å². The van der Waals surface area contributed by atoms with Crippen molar-refractivity contribution in [2.45, 2.75) is 25.0 Å². The lowest BCUT2D eigenvalue weighted by molar-refractivity contribution is -0.280. The Hall–Kier alpha value is -1.94. The molecule has 2 aromatic rings. The summed E-state index contributed by atoms with van der Waals surface area (Å²) in [6.45, 7) is 0. The Morgan fingerprint density at radius 3 is 2.14 bits per heavy atom. The van der Waals surface area contributed by atoms with Crippen LogP contribution in [0.15, 0.2) is 60.7 Å². The van der Waals surface area contributed by atoms with E-state index in [4.69, 9.17) is 5.26 Å². The van der Waals surface area contributed by atoms with Gasteiger partial charge in [0.25, 0.3) is 0 Å². The Bertz CT molecular complexity index is 617. The third-order valence-corrected chi connectivity index (χ3v) is 3.92. The summed E-state index contributed by atoms with van der Waals surface area (Å²) in [5, 5.41) is 18.9. The Morgan fingerprint density at radius 1 is 0.857 bits per heavy atom. The first-order valence-electron chi connectivity index (χ1n) is 7.14. The average Bonchev–Trinajstić information content (AvgIpc) is 2.55. The van der Waals surface area contributed by atoms with Gasteiger partial charge in [-0.1, -0.05) is 60.7 Å². The summed E-state index contributed by atoms with van der Waals surface area (Å²) in [7, 11) is 0. The molecule has 3 nitrogen and oxygen atoms in total. The molecule has 0 heterocycles. The molecule has 21 heavy (non-hydrogen) atoms. The lowest BCUT2D eigenvalue weighted by Gasteiger charge is -2.26. The van der Waals surface area contributed by atoms with E-state index in [9.17, 15) is 5.11 Å². The van der Waals surface area contributed by atoms with Gasteiger partial charge < -0.3 is 5.11 Å². The molecular formula is C18H18O3. The van der Waals surface area contributed by atoms with E-state index in [1.807, 2.05) is 48.5 Å². The Balaban J connectivity index is 1.89. The third kappa shape index (κ3) is 2.90. The predicted octanol–water partition coefficient (Wildman–Crippen LogP) is 3.75. The maximum absolute atomic E-state index is 9.91. The zero-order valence-electron chi connectivity index (χ0n) is 11.6. The largest absolute Gasteiger partial charge is 0.390 e. The first-order valence-corrected chi connectivity index (χ1v) is 7.14. The summed E-state index contributed by atoms with van der Waals surface area (Å²) < 4.78 is 0. The molecule has 2 aromatic carbocycles. The Morgan fingerprint density at radius 2 is 1.48 bits per heavy atom. The molecule has 2 N–H and O–H groups in total. The lowest BCUT2D eigenvalue weighted by atomic mass is 9.88. The molecule has 0 saturated heterocycles. The van der Waals surface area contributed by atoms with Gasteiger partial charge in [0.1, 0.15) is 6.10 Å². The van der Waals surface area contributed by atoms with Crippen LogP contribution >= 0.6 is 0 Å². The summed E-state index contributed by atoms with van der Waals surface area (Å²) >= 11 is 0. The van der Waals surface area contributed by atoms with Crippen molar-refractivity contribution in [3.05, 3.63) is 66.2 Å². The SMILES string of the molecule is OO[C@H]1C(c2ccc(-c3ccccc3)cc2)=CCC[C@@H]1O. The van der Waals surface area contributed by atoms with Crippen molar-refractivity contribution in [3.8, 4) is 11.1 Å². The molecule has 0 unspecified atom stereocenters. The molecule has 0 saturated carbocycles. The van der Waals surface area contributed by atoms with Crippen molar-refractivity contribution in [3.63, 3.8) is 0 Å². The topological polar surface area (TPSA) is 49.7 Å². The van der Waals surface area contributed by atoms with Crippen LogP contribution in [0.4, 0.5) is 0 Å². The van der Waals surface area contributed by atoms with Gasteiger partial charge in [0.05, 0.1) is 6.10 Å². The average molecular weight is 282 g/mol. The fraction of sp³-hybridized carbons (Fsp3) is 0.222. The van der Waals surface area contributed by atoms with E-state index >= 15 is 0 Å². The molecule has 0 aliphatic heterocycles. The molecule has 0 radical (unpaired) electrons. The minimum absolute atomic E-state index is 0.608. The van der Waals surface area contributed by atoms with Gasteiger partial charge in [-0.3, -0.25) is 5.26 Å². The van der Waals surface area contributed by atoms with Crippen LogP contribution in [-0.2, 0) is 4.89 Å². The molecule has 1 aliphatic carbocycles. The highest BCUT2D eigenvalue weighted by Gasteiger charge is 2.28. The maximum atomic E-state index is 9.91. The molecule has 3 rings (SSSR count). The molecule has 1 aliphatic rings. The standard InChI is InChI=1S/C18H18O3/c19-17-8-4-7-16(18(17)21-20)15-11-9-14(10-12-15)13-5-2-1-3-6-13/h1-3,5-7,9-12,17-20H,4,8H2/t17-,18-/m0/s1. The van der Waals surface area contributed by atoms with Crippen LogP contribution in [0.2, 0.25) is 0 Å². The van der Waals surface area contributed by atoms with Gasteiger partial charge in [-0.25, -0.2) is 4.89 Å². The van der Waals surface area contributed by atoms with Crippen molar-refractivity contribution in [2.24, 2.45) is 0 Å². The number of aliphatic hydroxyl groups is 1. The van der Waals surface area contributed by atoms with E-state index in [0.29, 0.717) is 6.42 Å². The van der Waals surface area contributed by atoms with Gasteiger partial charge in [0.2, 0.25) is 0 Å². The summed E-state index contributed by atoms with van der Waals surface area (Å²) in [5.74, 6) is 0. The molecule has 0 spiro atoms. The monoisotopic (exact) mass is 282 g/mol. The first kappa shape index (κ1) is 14.0.